The number of amides is 2. The molecule has 2 aliphatic heterocycles. The number of pyridine rings is 1. The number of aromatic nitrogens is 1. The molecule has 2 aliphatic rings. The molecule has 8 heteroatoms. The number of ether oxygens (including phenoxy) is 1. The lowest BCUT2D eigenvalue weighted by Gasteiger charge is -2.29. The Balaban J connectivity index is 1.62. The van der Waals surface area contributed by atoms with Gasteiger partial charge in [0.25, 0.3) is 0 Å². The highest BCUT2D eigenvalue weighted by atomic mass is 16.5. The molecule has 4 rings (SSSR count). The van der Waals surface area contributed by atoms with E-state index in [1.165, 1.54) is 0 Å². The van der Waals surface area contributed by atoms with E-state index in [2.05, 4.69) is 35.4 Å². The molecule has 0 radical (unpaired) electrons. The molecule has 2 fully saturated rings. The molecular formula is C27H39N5O3. The van der Waals surface area contributed by atoms with Crippen molar-refractivity contribution in [1.82, 2.24) is 9.88 Å². The number of rotatable bonds is 7. The molecule has 2 amide bonds. The van der Waals surface area contributed by atoms with E-state index in [0.29, 0.717) is 24.9 Å². The third kappa shape index (κ3) is 6.24. The zero-order valence-electron chi connectivity index (χ0n) is 21.4. The minimum Gasteiger partial charge on any atom is -0.391 e. The van der Waals surface area contributed by atoms with Crippen molar-refractivity contribution in [3.63, 3.8) is 0 Å². The van der Waals surface area contributed by atoms with Crippen LogP contribution in [0.25, 0.3) is 11.1 Å². The van der Waals surface area contributed by atoms with E-state index in [9.17, 15) is 9.90 Å². The zero-order valence-corrected chi connectivity index (χ0v) is 21.4. The number of likely N-dealkylation sites (tertiary alicyclic amines) is 1. The maximum absolute atomic E-state index is 12.9. The normalized spacial score (nSPS) is 20.0. The van der Waals surface area contributed by atoms with E-state index >= 15 is 0 Å². The number of urea groups is 1. The van der Waals surface area contributed by atoms with Crippen LogP contribution < -0.4 is 15.5 Å². The van der Waals surface area contributed by atoms with Crippen molar-refractivity contribution < 1.29 is 14.6 Å². The number of anilines is 3. The Labute approximate surface area is 208 Å². The van der Waals surface area contributed by atoms with Crippen LogP contribution in [0.3, 0.4) is 0 Å². The number of aliphatic hydroxyl groups is 1. The Morgan fingerprint density at radius 2 is 1.97 bits per heavy atom. The van der Waals surface area contributed by atoms with E-state index in [4.69, 9.17) is 9.72 Å². The lowest BCUT2D eigenvalue weighted by Crippen LogP contribution is -2.37. The number of hydrogen-bond donors (Lipinski definition) is 3. The van der Waals surface area contributed by atoms with Gasteiger partial charge < -0.3 is 30.3 Å². The average molecular weight is 482 g/mol. The Hall–Kier alpha value is -2.84. The zero-order chi connectivity index (χ0) is 24.9. The van der Waals surface area contributed by atoms with Gasteiger partial charge in [-0.15, -0.1) is 0 Å². The number of aryl methyl sites for hydroxylation is 1. The van der Waals surface area contributed by atoms with Crippen LogP contribution in [0.1, 0.15) is 39.2 Å². The van der Waals surface area contributed by atoms with E-state index in [0.717, 1.165) is 67.2 Å². The van der Waals surface area contributed by atoms with Crippen molar-refractivity contribution in [2.45, 2.75) is 52.7 Å². The van der Waals surface area contributed by atoms with Gasteiger partial charge in [-0.1, -0.05) is 19.4 Å². The van der Waals surface area contributed by atoms with Crippen molar-refractivity contribution in [2.75, 3.05) is 54.9 Å². The fourth-order valence-electron chi connectivity index (χ4n) is 4.62. The number of carbonyl (C=O) groups excluding carboxylic acids is 1. The predicted molar refractivity (Wildman–Crippen MR) is 141 cm³/mol. The molecule has 3 heterocycles. The molecule has 0 aliphatic carbocycles. The Morgan fingerprint density at radius 1 is 1.20 bits per heavy atom. The summed E-state index contributed by atoms with van der Waals surface area (Å²) in [5.41, 5.74) is 3.96. The molecule has 35 heavy (non-hydrogen) atoms. The summed E-state index contributed by atoms with van der Waals surface area (Å²) in [6.07, 6.45) is 1.67. The molecule has 3 atom stereocenters. The molecule has 8 nitrogen and oxygen atoms in total. The van der Waals surface area contributed by atoms with Gasteiger partial charge in [-0.05, 0) is 74.1 Å². The minimum absolute atomic E-state index is 0.0346. The Kier molecular flexibility index (Phi) is 8.13. The molecule has 1 unspecified atom stereocenters. The molecule has 2 saturated heterocycles. The number of morpholine rings is 1. The standard InChI is InChI=1S/C27H39N5O3/c1-5-21-8-9-32(17-21)27(34)29-23-7-6-18(2)24(16-23)22-14-25(28-19(3)20(4)33)30-26(15-22)31-10-12-35-13-11-31/h6-7,14-16,19-21,33H,5,8-13,17H2,1-4H3,(H,28,30)(H,29,34)/t19-,20-,21?/m1/s1. The first-order chi connectivity index (χ1) is 16.8. The summed E-state index contributed by atoms with van der Waals surface area (Å²) in [5.74, 6) is 2.19. The third-order valence-electron chi connectivity index (χ3n) is 7.20. The number of hydrogen-bond acceptors (Lipinski definition) is 6. The minimum atomic E-state index is -0.509. The molecule has 2 aromatic rings. The summed E-state index contributed by atoms with van der Waals surface area (Å²) in [5, 5.41) is 16.5. The van der Waals surface area contributed by atoms with Crippen molar-refractivity contribution >= 4 is 23.4 Å². The second-order valence-electron chi connectivity index (χ2n) is 9.84. The lowest BCUT2D eigenvalue weighted by molar-refractivity contribution is 0.122. The molecule has 0 saturated carbocycles. The summed E-state index contributed by atoms with van der Waals surface area (Å²) < 4.78 is 5.53. The summed E-state index contributed by atoms with van der Waals surface area (Å²) in [7, 11) is 0. The SMILES string of the molecule is CCC1CCN(C(=O)Nc2ccc(C)c(-c3cc(N[C@H](C)[C@@H](C)O)nc(N4CCOCC4)c3)c2)C1. The fraction of sp³-hybridized carbons (Fsp3) is 0.556. The highest BCUT2D eigenvalue weighted by molar-refractivity contribution is 5.91. The van der Waals surface area contributed by atoms with Gasteiger partial charge in [0.1, 0.15) is 11.6 Å². The molecule has 3 N–H and O–H groups in total. The highest BCUT2D eigenvalue weighted by Gasteiger charge is 2.25. The van der Waals surface area contributed by atoms with Gasteiger partial charge in [0, 0.05) is 31.9 Å². The van der Waals surface area contributed by atoms with Gasteiger partial charge in [-0.3, -0.25) is 0 Å². The van der Waals surface area contributed by atoms with E-state index in [-0.39, 0.29) is 12.1 Å². The van der Waals surface area contributed by atoms with Gasteiger partial charge in [-0.25, -0.2) is 9.78 Å². The van der Waals surface area contributed by atoms with Gasteiger partial charge in [0.05, 0.1) is 25.4 Å². The maximum atomic E-state index is 12.9. The summed E-state index contributed by atoms with van der Waals surface area (Å²) in [6, 6.07) is 9.99. The summed E-state index contributed by atoms with van der Waals surface area (Å²) >= 11 is 0. The monoisotopic (exact) mass is 481 g/mol. The summed E-state index contributed by atoms with van der Waals surface area (Å²) in [6.45, 7) is 12.5. The van der Waals surface area contributed by atoms with Crippen LogP contribution in [0.2, 0.25) is 0 Å². The van der Waals surface area contributed by atoms with Crippen LogP contribution in [-0.4, -0.2) is 72.6 Å². The fourth-order valence-corrected chi connectivity index (χ4v) is 4.62. The number of nitrogens with one attached hydrogen (secondary N) is 2. The lowest BCUT2D eigenvalue weighted by atomic mass is 10.00. The maximum Gasteiger partial charge on any atom is 0.321 e. The second-order valence-corrected chi connectivity index (χ2v) is 9.84. The molecular weight excluding hydrogens is 442 g/mol. The van der Waals surface area contributed by atoms with Crippen molar-refractivity contribution in [1.29, 1.82) is 0 Å². The molecule has 1 aromatic carbocycles. The number of carbonyl (C=O) groups is 1. The van der Waals surface area contributed by atoms with E-state index < -0.39 is 6.10 Å². The van der Waals surface area contributed by atoms with Gasteiger partial charge >= 0.3 is 6.03 Å². The van der Waals surface area contributed by atoms with Crippen molar-refractivity contribution in [3.05, 3.63) is 35.9 Å². The first-order valence-corrected chi connectivity index (χ1v) is 12.8. The molecule has 0 spiro atoms. The van der Waals surface area contributed by atoms with Crippen molar-refractivity contribution in [3.8, 4) is 11.1 Å². The first-order valence-electron chi connectivity index (χ1n) is 12.8. The quantitative estimate of drug-likeness (QED) is 0.545. The summed E-state index contributed by atoms with van der Waals surface area (Å²) in [4.78, 5) is 21.8. The van der Waals surface area contributed by atoms with Crippen LogP contribution in [-0.2, 0) is 4.74 Å². The van der Waals surface area contributed by atoms with Crippen LogP contribution >= 0.6 is 0 Å². The Bertz CT molecular complexity index is 1020. The molecule has 1 aromatic heterocycles. The third-order valence-corrected chi connectivity index (χ3v) is 7.20. The van der Waals surface area contributed by atoms with Crippen LogP contribution in [0.4, 0.5) is 22.1 Å². The van der Waals surface area contributed by atoms with E-state index in [1.807, 2.05) is 36.1 Å². The Morgan fingerprint density at radius 3 is 2.66 bits per heavy atom. The smallest absolute Gasteiger partial charge is 0.321 e. The molecule has 190 valence electrons. The average Bonchev–Trinajstić information content (AvgIpc) is 3.35. The first kappa shape index (κ1) is 25.3. The topological polar surface area (TPSA) is 90.0 Å². The highest BCUT2D eigenvalue weighted by Crippen LogP contribution is 2.32. The van der Waals surface area contributed by atoms with Crippen LogP contribution in [0, 0.1) is 12.8 Å². The van der Waals surface area contributed by atoms with Gasteiger partial charge in [0.2, 0.25) is 0 Å². The predicted octanol–water partition coefficient (Wildman–Crippen LogP) is 4.34. The van der Waals surface area contributed by atoms with Crippen molar-refractivity contribution in [2.24, 2.45) is 5.92 Å². The van der Waals surface area contributed by atoms with E-state index in [1.54, 1.807) is 6.92 Å². The van der Waals surface area contributed by atoms with Crippen LogP contribution in [0.5, 0.6) is 0 Å². The van der Waals surface area contributed by atoms with Gasteiger partial charge in [-0.2, -0.15) is 0 Å². The number of benzene rings is 1. The second kappa shape index (κ2) is 11.3. The number of nitrogens with zero attached hydrogens (tertiary/aromatic N) is 3. The van der Waals surface area contributed by atoms with Gasteiger partial charge in [0.15, 0.2) is 0 Å². The largest absolute Gasteiger partial charge is 0.391 e. The molecule has 0 bridgehead atoms. The van der Waals surface area contributed by atoms with Crippen LogP contribution in [0.15, 0.2) is 30.3 Å². The number of aliphatic hydroxyl groups excluding tert-OH is 1.